The normalized spacial score (nSPS) is 20.0. The molecule has 0 spiro atoms. The minimum Gasteiger partial charge on any atom is -0.488 e. The molecule has 1 aromatic carbocycles. The zero-order chi connectivity index (χ0) is 18.1. The number of allylic oxidation sites excluding steroid dienone is 2. The van der Waals surface area contributed by atoms with E-state index in [1.165, 1.54) is 0 Å². The Morgan fingerprint density at radius 2 is 2.15 bits per heavy atom. The van der Waals surface area contributed by atoms with Gasteiger partial charge in [0, 0.05) is 23.9 Å². The number of nitrogens with zero attached hydrogens (tertiary/aromatic N) is 1. The van der Waals surface area contributed by atoms with Gasteiger partial charge in [-0.15, -0.1) is 0 Å². The molecule has 0 fully saturated rings. The largest absolute Gasteiger partial charge is 0.488 e. The van der Waals surface area contributed by atoms with Crippen molar-refractivity contribution in [3.8, 4) is 5.75 Å². The molecule has 1 aliphatic heterocycles. The summed E-state index contributed by atoms with van der Waals surface area (Å²) in [7, 11) is 0. The predicted molar refractivity (Wildman–Crippen MR) is 101 cm³/mol. The fraction of sp³-hybridized carbons (Fsp3) is 0.263. The number of aromatic amines is 1. The molecule has 2 aromatic rings. The van der Waals surface area contributed by atoms with Gasteiger partial charge in [0.1, 0.15) is 12.4 Å². The van der Waals surface area contributed by atoms with Crippen LogP contribution in [0.1, 0.15) is 24.6 Å². The summed E-state index contributed by atoms with van der Waals surface area (Å²) in [5.74, 6) is 0.613. The number of halogens is 1. The van der Waals surface area contributed by atoms with Gasteiger partial charge in [0.2, 0.25) is 0 Å². The molecule has 7 heteroatoms. The third-order valence-electron chi connectivity index (χ3n) is 4.34. The monoisotopic (exact) mass is 371 g/mol. The Morgan fingerprint density at radius 1 is 1.31 bits per heavy atom. The van der Waals surface area contributed by atoms with Crippen molar-refractivity contribution in [3.05, 3.63) is 46.1 Å². The Hall–Kier alpha value is -2.73. The van der Waals surface area contributed by atoms with Crippen LogP contribution in [0.5, 0.6) is 5.75 Å². The highest BCUT2D eigenvalue weighted by Gasteiger charge is 2.20. The quantitative estimate of drug-likeness (QED) is 0.731. The zero-order valence-corrected chi connectivity index (χ0v) is 15.0. The van der Waals surface area contributed by atoms with Crippen LogP contribution in [-0.4, -0.2) is 35.5 Å². The van der Waals surface area contributed by atoms with E-state index in [-0.39, 0.29) is 12.7 Å². The molecular weight excluding hydrogens is 354 g/mol. The lowest BCUT2D eigenvalue weighted by Gasteiger charge is -2.20. The average molecular weight is 372 g/mol. The molecule has 26 heavy (non-hydrogen) atoms. The number of benzene rings is 1. The molecule has 1 aliphatic carbocycles. The second-order valence-electron chi connectivity index (χ2n) is 6.29. The first-order chi connectivity index (χ1) is 12.6. The Morgan fingerprint density at radius 3 is 3.04 bits per heavy atom. The van der Waals surface area contributed by atoms with Crippen molar-refractivity contribution in [1.82, 2.24) is 15.5 Å². The van der Waals surface area contributed by atoms with Crippen LogP contribution in [0.3, 0.4) is 0 Å². The second kappa shape index (κ2) is 6.88. The molecule has 2 N–H and O–H groups in total. The highest BCUT2D eigenvalue weighted by atomic mass is 35.5. The molecule has 2 bridgehead atoms. The Balaban J connectivity index is 1.96. The number of carbonyl (C=O) groups is 1. The fourth-order valence-electron chi connectivity index (χ4n) is 3.06. The minimum atomic E-state index is -0.442. The van der Waals surface area contributed by atoms with E-state index in [0.29, 0.717) is 23.7 Å². The smallest absolute Gasteiger partial charge is 0.407 e. The molecule has 6 nitrogen and oxygen atoms in total. The number of alkyl carbamates (subject to hydrolysis) is 1. The summed E-state index contributed by atoms with van der Waals surface area (Å²) >= 11 is 6.52. The molecule has 1 aromatic heterocycles. The Bertz CT molecular complexity index is 959. The van der Waals surface area contributed by atoms with Gasteiger partial charge in [-0.1, -0.05) is 29.8 Å². The minimum absolute atomic E-state index is 0.133. The first-order valence-electron chi connectivity index (χ1n) is 8.45. The van der Waals surface area contributed by atoms with Gasteiger partial charge in [-0.25, -0.2) is 4.79 Å². The van der Waals surface area contributed by atoms with Crippen molar-refractivity contribution in [3.63, 3.8) is 0 Å². The van der Waals surface area contributed by atoms with E-state index in [0.717, 1.165) is 27.7 Å². The fourth-order valence-corrected chi connectivity index (χ4v) is 3.31. The van der Waals surface area contributed by atoms with Gasteiger partial charge in [0.15, 0.2) is 0 Å². The number of hydrogen-bond acceptors (Lipinski definition) is 4. The van der Waals surface area contributed by atoms with Gasteiger partial charge in [0.05, 0.1) is 22.3 Å². The Kier molecular flexibility index (Phi) is 4.42. The summed E-state index contributed by atoms with van der Waals surface area (Å²) < 4.78 is 11.5. The number of hydrogen-bond donors (Lipinski definition) is 2. The van der Waals surface area contributed by atoms with Crippen LogP contribution in [0, 0.1) is 0 Å². The number of H-pyrrole nitrogens is 1. The third kappa shape index (κ3) is 3.20. The molecule has 2 aliphatic rings. The lowest BCUT2D eigenvalue weighted by molar-refractivity contribution is 0.153. The number of aromatic nitrogens is 2. The zero-order valence-electron chi connectivity index (χ0n) is 14.2. The number of amides is 1. The van der Waals surface area contributed by atoms with Crippen molar-refractivity contribution in [2.24, 2.45) is 0 Å². The van der Waals surface area contributed by atoms with Gasteiger partial charge >= 0.3 is 6.09 Å². The molecule has 4 rings (SSSR count). The molecule has 0 saturated heterocycles. The third-order valence-corrected chi connectivity index (χ3v) is 4.62. The van der Waals surface area contributed by atoms with Crippen LogP contribution in [-0.2, 0) is 4.74 Å². The van der Waals surface area contributed by atoms with Crippen LogP contribution in [0.15, 0.2) is 29.9 Å². The highest BCUT2D eigenvalue weighted by molar-refractivity contribution is 6.33. The lowest BCUT2D eigenvalue weighted by atomic mass is 10.0. The van der Waals surface area contributed by atoms with Crippen LogP contribution in [0.25, 0.3) is 23.1 Å². The summed E-state index contributed by atoms with van der Waals surface area (Å²) in [6.45, 7) is 2.55. The summed E-state index contributed by atoms with van der Waals surface area (Å²) in [5, 5.41) is 11.6. The molecule has 0 unspecified atom stereocenters. The molecular formula is C19H18ClN3O3. The van der Waals surface area contributed by atoms with Gasteiger partial charge < -0.3 is 14.8 Å². The summed E-state index contributed by atoms with van der Waals surface area (Å²) in [6, 6.07) is 1.83. The first kappa shape index (κ1) is 16.7. The molecule has 2 heterocycles. The number of cyclic esters (lactones) is 1. The van der Waals surface area contributed by atoms with Crippen LogP contribution in [0.4, 0.5) is 4.79 Å². The summed E-state index contributed by atoms with van der Waals surface area (Å²) in [6.07, 6.45) is 9.60. The van der Waals surface area contributed by atoms with E-state index >= 15 is 0 Å². The van der Waals surface area contributed by atoms with Crippen molar-refractivity contribution in [1.29, 1.82) is 0 Å². The van der Waals surface area contributed by atoms with Gasteiger partial charge in [-0.2, -0.15) is 5.10 Å². The van der Waals surface area contributed by atoms with Crippen molar-refractivity contribution >= 4 is 40.7 Å². The highest BCUT2D eigenvalue weighted by Crippen LogP contribution is 2.39. The maximum atomic E-state index is 11.8. The Labute approximate surface area is 155 Å². The van der Waals surface area contributed by atoms with E-state index in [4.69, 9.17) is 21.1 Å². The molecule has 1 amide bonds. The topological polar surface area (TPSA) is 76.2 Å². The molecule has 0 radical (unpaired) electrons. The van der Waals surface area contributed by atoms with E-state index < -0.39 is 6.09 Å². The van der Waals surface area contributed by atoms with Gasteiger partial charge in [0.25, 0.3) is 0 Å². The predicted octanol–water partition coefficient (Wildman–Crippen LogP) is 4.08. The van der Waals surface area contributed by atoms with Crippen molar-refractivity contribution < 1.29 is 14.3 Å². The maximum absolute atomic E-state index is 11.8. The SMILES string of the molecule is C[C@@H]1CCNC(=O)OCC2=Cc3c(c(Cl)cc4[nH]nc(c34)C=CC=C2)O1. The standard InChI is InChI=1S/C19H18ClN3O3/c1-11-6-7-21-19(24)25-10-12-4-2-3-5-15-17-13(8-12)18(26-11)14(20)9-16(17)23-22-15/h2-5,8-9,11H,6-7,10H2,1H3,(H,21,24)(H,22,23)/t11-/m1/s1. The first-order valence-corrected chi connectivity index (χ1v) is 8.83. The van der Waals surface area contributed by atoms with E-state index in [2.05, 4.69) is 15.5 Å². The van der Waals surface area contributed by atoms with E-state index in [1.54, 1.807) is 0 Å². The lowest BCUT2D eigenvalue weighted by Crippen LogP contribution is -2.29. The van der Waals surface area contributed by atoms with Crippen LogP contribution in [0.2, 0.25) is 5.02 Å². The number of rotatable bonds is 0. The molecule has 0 saturated carbocycles. The van der Waals surface area contributed by atoms with E-state index in [1.807, 2.05) is 43.4 Å². The van der Waals surface area contributed by atoms with Crippen LogP contribution < -0.4 is 10.1 Å². The van der Waals surface area contributed by atoms with Crippen molar-refractivity contribution in [2.75, 3.05) is 13.2 Å². The second-order valence-corrected chi connectivity index (χ2v) is 6.70. The van der Waals surface area contributed by atoms with Crippen LogP contribution >= 0.6 is 11.6 Å². The molecule has 134 valence electrons. The molecule has 1 atom stereocenters. The maximum Gasteiger partial charge on any atom is 0.407 e. The number of carbonyl (C=O) groups excluding carboxylic acids is 1. The van der Waals surface area contributed by atoms with Gasteiger partial charge in [-0.05, 0) is 30.7 Å². The van der Waals surface area contributed by atoms with Gasteiger partial charge in [-0.3, -0.25) is 5.10 Å². The number of nitrogens with one attached hydrogen (secondary N) is 2. The van der Waals surface area contributed by atoms with E-state index in [9.17, 15) is 4.79 Å². The van der Waals surface area contributed by atoms with Crippen molar-refractivity contribution in [2.45, 2.75) is 19.4 Å². The average Bonchev–Trinajstić information content (AvgIpc) is 3.02. The number of ether oxygens (including phenoxy) is 2. The summed E-state index contributed by atoms with van der Waals surface area (Å²) in [5.41, 5.74) is 3.28. The summed E-state index contributed by atoms with van der Waals surface area (Å²) in [4.78, 5) is 11.8.